The van der Waals surface area contributed by atoms with Crippen LogP contribution in [0.2, 0.25) is 0 Å². The molecule has 0 radical (unpaired) electrons. The van der Waals surface area contributed by atoms with E-state index in [-0.39, 0.29) is 37.0 Å². The van der Waals surface area contributed by atoms with Gasteiger partial charge in [-0.1, -0.05) is 29.8 Å². The number of hydrogen-bond donors (Lipinski definition) is 2. The van der Waals surface area contributed by atoms with E-state index in [0.717, 1.165) is 38.4 Å². The van der Waals surface area contributed by atoms with E-state index >= 15 is 0 Å². The van der Waals surface area contributed by atoms with Crippen molar-refractivity contribution in [2.24, 2.45) is 0 Å². The van der Waals surface area contributed by atoms with Gasteiger partial charge in [-0.15, -0.1) is 0 Å². The van der Waals surface area contributed by atoms with E-state index in [1.54, 1.807) is 12.1 Å². The number of benzene rings is 1. The van der Waals surface area contributed by atoms with Crippen LogP contribution in [0.1, 0.15) is 28.8 Å². The summed E-state index contributed by atoms with van der Waals surface area (Å²) in [6.07, 6.45) is 0.210. The molecular formula is C19H27N3O4. The molecule has 1 heterocycles. The van der Waals surface area contributed by atoms with Crippen LogP contribution in [0.4, 0.5) is 0 Å². The lowest BCUT2D eigenvalue weighted by Gasteiger charge is -2.26. The zero-order valence-electron chi connectivity index (χ0n) is 15.3. The molecule has 0 aromatic heterocycles. The zero-order valence-corrected chi connectivity index (χ0v) is 15.3. The molecule has 7 heteroatoms. The Morgan fingerprint density at radius 1 is 1.00 bits per heavy atom. The Kier molecular flexibility index (Phi) is 8.24. The molecule has 7 nitrogen and oxygen atoms in total. The summed E-state index contributed by atoms with van der Waals surface area (Å²) in [4.78, 5) is 37.8. The number of Topliss-reactive ketones (excluding diaryl/α,β-unsaturated/α-hetero) is 1. The number of carbonyl (C=O) groups excluding carboxylic acids is 3. The highest BCUT2D eigenvalue weighted by atomic mass is 16.5. The van der Waals surface area contributed by atoms with Crippen LogP contribution >= 0.6 is 0 Å². The fourth-order valence-electron chi connectivity index (χ4n) is 2.62. The summed E-state index contributed by atoms with van der Waals surface area (Å²) in [5.74, 6) is -0.597. The van der Waals surface area contributed by atoms with Crippen molar-refractivity contribution in [2.75, 3.05) is 45.9 Å². The summed E-state index contributed by atoms with van der Waals surface area (Å²) < 4.78 is 5.26. The minimum atomic E-state index is -0.297. The molecule has 0 bridgehead atoms. The third-order valence-corrected chi connectivity index (χ3v) is 4.25. The highest BCUT2D eigenvalue weighted by molar-refractivity contribution is 5.98. The van der Waals surface area contributed by atoms with E-state index in [0.29, 0.717) is 12.1 Å². The smallest absolute Gasteiger partial charge is 0.239 e. The first-order valence-electron chi connectivity index (χ1n) is 8.98. The van der Waals surface area contributed by atoms with Crippen LogP contribution in [0.25, 0.3) is 0 Å². The largest absolute Gasteiger partial charge is 0.379 e. The van der Waals surface area contributed by atoms with Crippen LogP contribution in [0.3, 0.4) is 0 Å². The van der Waals surface area contributed by atoms with Crippen molar-refractivity contribution < 1.29 is 19.1 Å². The Labute approximate surface area is 154 Å². The average molecular weight is 361 g/mol. The molecule has 1 fully saturated rings. The molecule has 1 aliphatic heterocycles. The number of amides is 2. The normalized spacial score (nSPS) is 14.7. The van der Waals surface area contributed by atoms with Crippen molar-refractivity contribution in [3.05, 3.63) is 35.4 Å². The molecule has 2 amide bonds. The minimum absolute atomic E-state index is 0.0688. The Hall–Kier alpha value is -2.25. The molecule has 142 valence electrons. The highest BCUT2D eigenvalue weighted by Crippen LogP contribution is 2.07. The Morgan fingerprint density at radius 3 is 2.38 bits per heavy atom. The van der Waals surface area contributed by atoms with Crippen molar-refractivity contribution in [3.63, 3.8) is 0 Å². The first-order chi connectivity index (χ1) is 12.5. The SMILES string of the molecule is Cc1ccc(C(=O)CCC(=O)NCC(=O)NCCN2CCOCC2)cc1. The van der Waals surface area contributed by atoms with Gasteiger partial charge in [0.1, 0.15) is 0 Å². The van der Waals surface area contributed by atoms with Gasteiger partial charge in [-0.05, 0) is 6.92 Å². The topological polar surface area (TPSA) is 87.7 Å². The average Bonchev–Trinajstić information content (AvgIpc) is 2.66. The van der Waals surface area contributed by atoms with Crippen molar-refractivity contribution in [1.82, 2.24) is 15.5 Å². The summed E-state index contributed by atoms with van der Waals surface area (Å²) >= 11 is 0. The van der Waals surface area contributed by atoms with Gasteiger partial charge in [-0.25, -0.2) is 0 Å². The lowest BCUT2D eigenvalue weighted by Crippen LogP contribution is -2.43. The summed E-state index contributed by atoms with van der Waals surface area (Å²) in [5, 5.41) is 5.33. The predicted molar refractivity (Wildman–Crippen MR) is 98.0 cm³/mol. The lowest BCUT2D eigenvalue weighted by atomic mass is 10.1. The van der Waals surface area contributed by atoms with E-state index in [9.17, 15) is 14.4 Å². The third-order valence-electron chi connectivity index (χ3n) is 4.25. The standard InChI is InChI=1S/C19H27N3O4/c1-15-2-4-16(5-3-15)17(23)6-7-18(24)21-14-19(25)20-8-9-22-10-12-26-13-11-22/h2-5H,6-14H2,1H3,(H,20,25)(H,21,24). The molecule has 26 heavy (non-hydrogen) atoms. The molecule has 0 unspecified atom stereocenters. The first kappa shape index (κ1) is 20.1. The van der Waals surface area contributed by atoms with Gasteiger partial charge < -0.3 is 15.4 Å². The summed E-state index contributed by atoms with van der Waals surface area (Å²) in [6, 6.07) is 7.26. The summed E-state index contributed by atoms with van der Waals surface area (Å²) in [6.45, 7) is 6.41. The number of carbonyl (C=O) groups is 3. The van der Waals surface area contributed by atoms with Crippen molar-refractivity contribution in [2.45, 2.75) is 19.8 Å². The van der Waals surface area contributed by atoms with Crippen LogP contribution in [-0.4, -0.2) is 68.4 Å². The highest BCUT2D eigenvalue weighted by Gasteiger charge is 2.12. The second-order valence-electron chi connectivity index (χ2n) is 6.37. The van der Waals surface area contributed by atoms with E-state index < -0.39 is 0 Å². The van der Waals surface area contributed by atoms with Crippen LogP contribution in [0.5, 0.6) is 0 Å². The second kappa shape index (κ2) is 10.7. The van der Waals surface area contributed by atoms with Crippen molar-refractivity contribution in [1.29, 1.82) is 0 Å². The van der Waals surface area contributed by atoms with E-state index in [2.05, 4.69) is 15.5 Å². The van der Waals surface area contributed by atoms with Gasteiger partial charge in [0.25, 0.3) is 0 Å². The molecule has 0 atom stereocenters. The van der Waals surface area contributed by atoms with Gasteiger partial charge >= 0.3 is 0 Å². The van der Waals surface area contributed by atoms with Crippen molar-refractivity contribution >= 4 is 17.6 Å². The molecule has 1 aromatic carbocycles. The molecule has 2 N–H and O–H groups in total. The number of aryl methyl sites for hydroxylation is 1. The first-order valence-corrected chi connectivity index (χ1v) is 8.98. The number of ketones is 1. The molecule has 2 rings (SSSR count). The van der Waals surface area contributed by atoms with Gasteiger partial charge in [0.2, 0.25) is 11.8 Å². The second-order valence-corrected chi connectivity index (χ2v) is 6.37. The molecule has 0 spiro atoms. The van der Waals surface area contributed by atoms with Crippen LogP contribution < -0.4 is 10.6 Å². The lowest BCUT2D eigenvalue weighted by molar-refractivity contribution is -0.126. The number of morpholine rings is 1. The summed E-state index contributed by atoms with van der Waals surface area (Å²) in [7, 11) is 0. The maximum absolute atomic E-state index is 12.0. The van der Waals surface area contributed by atoms with Gasteiger partial charge in [-0.3, -0.25) is 19.3 Å². The molecule has 0 aliphatic carbocycles. The molecule has 1 aromatic rings. The molecule has 1 saturated heterocycles. The van der Waals surface area contributed by atoms with Gasteiger partial charge in [0.05, 0.1) is 19.8 Å². The Balaban J connectivity index is 1.56. The van der Waals surface area contributed by atoms with E-state index in [4.69, 9.17) is 4.74 Å². The fourth-order valence-corrected chi connectivity index (χ4v) is 2.62. The number of nitrogens with one attached hydrogen (secondary N) is 2. The maximum Gasteiger partial charge on any atom is 0.239 e. The zero-order chi connectivity index (χ0) is 18.8. The summed E-state index contributed by atoms with van der Waals surface area (Å²) in [5.41, 5.74) is 1.68. The monoisotopic (exact) mass is 361 g/mol. The number of nitrogens with zero attached hydrogens (tertiary/aromatic N) is 1. The van der Waals surface area contributed by atoms with Gasteiger partial charge in [0.15, 0.2) is 5.78 Å². The third kappa shape index (κ3) is 7.33. The molecular weight excluding hydrogens is 334 g/mol. The molecule has 0 saturated carbocycles. The van der Waals surface area contributed by atoms with Gasteiger partial charge in [-0.2, -0.15) is 0 Å². The maximum atomic E-state index is 12.0. The number of hydrogen-bond acceptors (Lipinski definition) is 5. The van der Waals surface area contributed by atoms with E-state index in [1.165, 1.54) is 0 Å². The Morgan fingerprint density at radius 2 is 1.69 bits per heavy atom. The quantitative estimate of drug-likeness (QED) is 0.626. The minimum Gasteiger partial charge on any atom is -0.379 e. The van der Waals surface area contributed by atoms with Crippen molar-refractivity contribution in [3.8, 4) is 0 Å². The van der Waals surface area contributed by atoms with Crippen LogP contribution in [0.15, 0.2) is 24.3 Å². The number of rotatable bonds is 9. The predicted octanol–water partition coefficient (Wildman–Crippen LogP) is 0.523. The van der Waals surface area contributed by atoms with E-state index in [1.807, 2.05) is 19.1 Å². The Bertz CT molecular complexity index is 610. The molecule has 1 aliphatic rings. The van der Waals surface area contributed by atoms with Gasteiger partial charge in [0, 0.05) is 44.6 Å². The van der Waals surface area contributed by atoms with Crippen LogP contribution in [-0.2, 0) is 14.3 Å². The van der Waals surface area contributed by atoms with Crippen LogP contribution in [0, 0.1) is 6.92 Å². The number of ether oxygens (including phenoxy) is 1. The fraction of sp³-hybridized carbons (Fsp3) is 0.526.